The topological polar surface area (TPSA) is 54.4 Å². The summed E-state index contributed by atoms with van der Waals surface area (Å²) in [6.07, 6.45) is 2.26. The van der Waals surface area contributed by atoms with Crippen LogP contribution in [0.3, 0.4) is 0 Å². The van der Waals surface area contributed by atoms with Crippen LogP contribution in [0.4, 0.5) is 0 Å². The van der Waals surface area contributed by atoms with Crippen molar-refractivity contribution < 1.29 is 14.3 Å². The molecule has 0 saturated carbocycles. The third-order valence-electron chi connectivity index (χ3n) is 6.39. The minimum atomic E-state index is -0.562. The van der Waals surface area contributed by atoms with Gasteiger partial charge in [0.15, 0.2) is 11.5 Å². The van der Waals surface area contributed by atoms with Crippen molar-refractivity contribution in [3.63, 3.8) is 0 Å². The maximum absolute atomic E-state index is 11.9. The zero-order valence-electron chi connectivity index (χ0n) is 17.5. The van der Waals surface area contributed by atoms with Crippen LogP contribution in [0, 0.1) is 0 Å². The number of fused-ring (bicyclic) bond motifs is 4. The molecule has 3 heterocycles. The van der Waals surface area contributed by atoms with Gasteiger partial charge in [-0.3, -0.25) is 4.79 Å². The molecule has 2 aromatic rings. The second kappa shape index (κ2) is 7.35. The number of hydrazone groups is 1. The van der Waals surface area contributed by atoms with Crippen LogP contribution in [0.15, 0.2) is 53.6 Å². The van der Waals surface area contributed by atoms with E-state index in [-0.39, 0.29) is 11.9 Å². The predicted molar refractivity (Wildman–Crippen MR) is 115 cm³/mol. The van der Waals surface area contributed by atoms with Gasteiger partial charge in [0.25, 0.3) is 0 Å². The third-order valence-corrected chi connectivity index (χ3v) is 6.39. The van der Waals surface area contributed by atoms with E-state index in [4.69, 9.17) is 14.6 Å². The van der Waals surface area contributed by atoms with Crippen molar-refractivity contribution in [2.75, 3.05) is 19.7 Å². The summed E-state index contributed by atoms with van der Waals surface area (Å²) >= 11 is 0. The van der Waals surface area contributed by atoms with E-state index in [0.29, 0.717) is 32.5 Å². The Kier molecular flexibility index (Phi) is 4.65. The molecule has 2 aromatic carbocycles. The van der Waals surface area contributed by atoms with Gasteiger partial charge in [-0.2, -0.15) is 5.10 Å². The van der Waals surface area contributed by atoms with E-state index in [9.17, 15) is 4.79 Å². The van der Waals surface area contributed by atoms with E-state index < -0.39 is 5.72 Å². The minimum Gasteiger partial charge on any atom is -0.490 e. The first-order valence-electron chi connectivity index (χ1n) is 10.7. The molecular formula is C24H27N3O3. The van der Waals surface area contributed by atoms with E-state index in [2.05, 4.69) is 23.2 Å². The second-order valence-electron chi connectivity index (χ2n) is 8.14. The van der Waals surface area contributed by atoms with Crippen molar-refractivity contribution in [3.05, 3.63) is 59.7 Å². The SMILES string of the molecule is CCOc1cccc2c1OC1(CCN(C(C)=O)CC1)N1N=C(c3ccccc3)C[C@H]21. The lowest BCUT2D eigenvalue weighted by Gasteiger charge is -2.51. The number of piperidine rings is 1. The van der Waals surface area contributed by atoms with Crippen molar-refractivity contribution in [1.82, 2.24) is 9.91 Å². The number of carbonyl (C=O) groups excluding carboxylic acids is 1. The molecule has 0 aromatic heterocycles. The summed E-state index contributed by atoms with van der Waals surface area (Å²) in [6, 6.07) is 16.6. The third kappa shape index (κ3) is 3.02. The second-order valence-corrected chi connectivity index (χ2v) is 8.14. The van der Waals surface area contributed by atoms with Gasteiger partial charge in [-0.25, -0.2) is 5.01 Å². The summed E-state index contributed by atoms with van der Waals surface area (Å²) in [5.41, 5.74) is 2.78. The molecule has 156 valence electrons. The van der Waals surface area contributed by atoms with Crippen LogP contribution < -0.4 is 9.47 Å². The Balaban J connectivity index is 1.57. The zero-order chi connectivity index (χ0) is 20.7. The van der Waals surface area contributed by atoms with Gasteiger partial charge in [0.1, 0.15) is 0 Å². The molecule has 0 N–H and O–H groups in total. The Bertz CT molecular complexity index is 980. The predicted octanol–water partition coefficient (Wildman–Crippen LogP) is 3.97. The summed E-state index contributed by atoms with van der Waals surface area (Å²) < 4.78 is 12.6. The van der Waals surface area contributed by atoms with E-state index >= 15 is 0 Å². The fraction of sp³-hybridized carbons (Fsp3) is 0.417. The number of para-hydroxylation sites is 1. The maximum atomic E-state index is 11.9. The molecule has 6 heteroatoms. The normalized spacial score (nSPS) is 21.5. The Morgan fingerprint density at radius 1 is 1.17 bits per heavy atom. The molecule has 6 nitrogen and oxygen atoms in total. The Morgan fingerprint density at radius 2 is 1.93 bits per heavy atom. The average Bonchev–Trinajstić information content (AvgIpc) is 3.23. The van der Waals surface area contributed by atoms with Crippen molar-refractivity contribution in [2.24, 2.45) is 5.10 Å². The zero-order valence-corrected chi connectivity index (χ0v) is 17.5. The van der Waals surface area contributed by atoms with Gasteiger partial charge in [0.2, 0.25) is 11.6 Å². The van der Waals surface area contributed by atoms with Crippen molar-refractivity contribution >= 4 is 11.6 Å². The quantitative estimate of drug-likeness (QED) is 0.776. The van der Waals surface area contributed by atoms with E-state index in [1.54, 1.807) is 6.92 Å². The van der Waals surface area contributed by atoms with Gasteiger partial charge in [-0.05, 0) is 18.6 Å². The monoisotopic (exact) mass is 405 g/mol. The van der Waals surface area contributed by atoms with Crippen LogP contribution in [0.5, 0.6) is 11.5 Å². The first kappa shape index (κ1) is 19.0. The number of hydrogen-bond donors (Lipinski definition) is 0. The summed E-state index contributed by atoms with van der Waals surface area (Å²) in [5.74, 6) is 1.74. The van der Waals surface area contributed by atoms with Crippen LogP contribution in [0.2, 0.25) is 0 Å². The molecule has 0 unspecified atom stereocenters. The van der Waals surface area contributed by atoms with Gasteiger partial charge >= 0.3 is 0 Å². The number of carbonyl (C=O) groups is 1. The number of benzene rings is 2. The Morgan fingerprint density at radius 3 is 2.63 bits per heavy atom. The highest BCUT2D eigenvalue weighted by Crippen LogP contribution is 2.52. The molecule has 0 radical (unpaired) electrons. The highest BCUT2D eigenvalue weighted by atomic mass is 16.6. The number of rotatable bonds is 3. The highest BCUT2D eigenvalue weighted by molar-refractivity contribution is 6.02. The van der Waals surface area contributed by atoms with Crippen LogP contribution in [0.25, 0.3) is 0 Å². The van der Waals surface area contributed by atoms with Crippen LogP contribution in [0.1, 0.15) is 50.3 Å². The lowest BCUT2D eigenvalue weighted by atomic mass is 9.90. The average molecular weight is 405 g/mol. The summed E-state index contributed by atoms with van der Waals surface area (Å²) in [4.78, 5) is 13.8. The summed E-state index contributed by atoms with van der Waals surface area (Å²) in [7, 11) is 0. The molecule has 1 saturated heterocycles. The fourth-order valence-corrected chi connectivity index (χ4v) is 4.85. The Hall–Kier alpha value is -3.02. The minimum absolute atomic E-state index is 0.105. The smallest absolute Gasteiger partial charge is 0.219 e. The molecule has 30 heavy (non-hydrogen) atoms. The lowest BCUT2D eigenvalue weighted by molar-refractivity contribution is -0.159. The highest BCUT2D eigenvalue weighted by Gasteiger charge is 2.52. The Labute approximate surface area is 177 Å². The fourth-order valence-electron chi connectivity index (χ4n) is 4.85. The van der Waals surface area contributed by atoms with E-state index in [1.807, 2.05) is 42.2 Å². The molecule has 1 atom stereocenters. The molecule has 1 amide bonds. The number of hydrogen-bond acceptors (Lipinski definition) is 5. The maximum Gasteiger partial charge on any atom is 0.219 e. The van der Waals surface area contributed by atoms with Gasteiger partial charge in [-0.1, -0.05) is 42.5 Å². The van der Waals surface area contributed by atoms with Crippen LogP contribution >= 0.6 is 0 Å². The van der Waals surface area contributed by atoms with Crippen molar-refractivity contribution in [1.29, 1.82) is 0 Å². The summed E-state index contributed by atoms with van der Waals surface area (Å²) in [5, 5.41) is 7.25. The summed E-state index contributed by atoms with van der Waals surface area (Å²) in [6.45, 7) is 5.54. The molecule has 5 rings (SSSR count). The molecule has 3 aliphatic rings. The van der Waals surface area contributed by atoms with Crippen molar-refractivity contribution in [2.45, 2.75) is 44.9 Å². The number of likely N-dealkylation sites (tertiary alicyclic amines) is 1. The first-order chi connectivity index (χ1) is 14.6. The van der Waals surface area contributed by atoms with Crippen molar-refractivity contribution in [3.8, 4) is 11.5 Å². The van der Waals surface area contributed by atoms with Gasteiger partial charge in [-0.15, -0.1) is 0 Å². The number of nitrogens with zero attached hydrogens (tertiary/aromatic N) is 3. The first-order valence-corrected chi connectivity index (χ1v) is 10.7. The standard InChI is InChI=1S/C24H27N3O3/c1-3-29-22-11-7-10-19-21-16-20(18-8-5-4-6-9-18)25-27(21)24(30-23(19)22)12-14-26(15-13-24)17(2)28/h4-11,21H,3,12-16H2,1-2H3/t21-/m1/s1. The number of amides is 1. The van der Waals surface area contributed by atoms with Gasteiger partial charge < -0.3 is 14.4 Å². The molecule has 1 spiro atoms. The number of ether oxygens (including phenoxy) is 2. The molecule has 0 aliphatic carbocycles. The largest absolute Gasteiger partial charge is 0.490 e. The van der Waals surface area contributed by atoms with Gasteiger partial charge in [0.05, 0.1) is 18.4 Å². The molecular weight excluding hydrogens is 378 g/mol. The van der Waals surface area contributed by atoms with Crippen LogP contribution in [-0.2, 0) is 4.79 Å². The molecule has 1 fully saturated rings. The lowest BCUT2D eigenvalue weighted by Crippen LogP contribution is -2.59. The molecule has 0 bridgehead atoms. The molecule has 3 aliphatic heterocycles. The van der Waals surface area contributed by atoms with Gasteiger partial charge in [0, 0.05) is 44.8 Å². The van der Waals surface area contributed by atoms with Crippen LogP contribution in [-0.4, -0.2) is 46.9 Å². The van der Waals surface area contributed by atoms with E-state index in [0.717, 1.165) is 34.8 Å². The van der Waals surface area contributed by atoms with E-state index in [1.165, 1.54) is 0 Å².